The lowest BCUT2D eigenvalue weighted by atomic mass is 9.91. The molecule has 0 aliphatic carbocycles. The molecule has 0 spiro atoms. The Morgan fingerprint density at radius 2 is 2.22 bits per heavy atom. The van der Waals surface area contributed by atoms with Crippen molar-refractivity contribution in [2.75, 3.05) is 6.54 Å². The average molecular weight is 264 g/mol. The number of hydrogen-bond acceptors (Lipinski definition) is 3. The predicted molar refractivity (Wildman–Crippen MR) is 73.2 cm³/mol. The molecule has 0 fully saturated rings. The van der Waals surface area contributed by atoms with Crippen molar-refractivity contribution in [3.05, 3.63) is 52.2 Å². The third kappa shape index (κ3) is 3.37. The number of pyridine rings is 1. The van der Waals surface area contributed by atoms with Crippen LogP contribution in [0.25, 0.3) is 0 Å². The smallest absolute Gasteiger partial charge is 0.141 e. The van der Waals surface area contributed by atoms with Gasteiger partial charge in [-0.15, -0.1) is 11.3 Å². The second-order valence-electron chi connectivity index (χ2n) is 4.98. The molecule has 0 saturated heterocycles. The van der Waals surface area contributed by atoms with Gasteiger partial charge in [-0.25, -0.2) is 4.39 Å². The van der Waals surface area contributed by atoms with Gasteiger partial charge in [-0.05, 0) is 23.1 Å². The molecule has 0 unspecified atom stereocenters. The van der Waals surface area contributed by atoms with Crippen LogP contribution >= 0.6 is 11.3 Å². The molecule has 0 atom stereocenters. The molecule has 0 aromatic carbocycles. The van der Waals surface area contributed by atoms with Crippen molar-refractivity contribution in [3.63, 3.8) is 0 Å². The van der Waals surface area contributed by atoms with E-state index < -0.39 is 0 Å². The molecule has 0 bridgehead atoms. The zero-order valence-electron chi connectivity index (χ0n) is 10.6. The van der Waals surface area contributed by atoms with Crippen LogP contribution in [0.15, 0.2) is 36.0 Å². The van der Waals surface area contributed by atoms with Crippen LogP contribution in [0.2, 0.25) is 0 Å². The van der Waals surface area contributed by atoms with Crippen LogP contribution in [-0.4, -0.2) is 11.5 Å². The minimum absolute atomic E-state index is 0.0922. The van der Waals surface area contributed by atoms with Gasteiger partial charge in [-0.2, -0.15) is 0 Å². The quantitative estimate of drug-likeness (QED) is 0.896. The number of rotatable bonds is 5. The van der Waals surface area contributed by atoms with E-state index in [1.54, 1.807) is 17.5 Å². The highest BCUT2D eigenvalue weighted by atomic mass is 32.1. The Morgan fingerprint density at radius 1 is 1.39 bits per heavy atom. The molecule has 1 N–H and O–H groups in total. The third-order valence-corrected chi connectivity index (χ3v) is 4.08. The van der Waals surface area contributed by atoms with Crippen molar-refractivity contribution in [3.8, 4) is 0 Å². The van der Waals surface area contributed by atoms with Crippen molar-refractivity contribution in [1.29, 1.82) is 0 Å². The highest BCUT2D eigenvalue weighted by molar-refractivity contribution is 7.10. The minimum Gasteiger partial charge on any atom is -0.312 e. The number of halogens is 1. The van der Waals surface area contributed by atoms with Gasteiger partial charge in [0.1, 0.15) is 5.82 Å². The van der Waals surface area contributed by atoms with Gasteiger partial charge in [-0.1, -0.05) is 19.9 Å². The Labute approximate surface area is 111 Å². The summed E-state index contributed by atoms with van der Waals surface area (Å²) in [6, 6.07) is 5.73. The summed E-state index contributed by atoms with van der Waals surface area (Å²) in [6.07, 6.45) is 2.91. The first-order chi connectivity index (χ1) is 8.58. The zero-order chi connectivity index (χ0) is 13.0. The Balaban J connectivity index is 1.89. The normalized spacial score (nSPS) is 11.7. The summed E-state index contributed by atoms with van der Waals surface area (Å²) in [4.78, 5) is 5.19. The van der Waals surface area contributed by atoms with Gasteiger partial charge in [0.15, 0.2) is 0 Å². The van der Waals surface area contributed by atoms with E-state index in [0.29, 0.717) is 6.54 Å². The van der Waals surface area contributed by atoms with Crippen molar-refractivity contribution >= 4 is 11.3 Å². The lowest BCUT2D eigenvalue weighted by Gasteiger charge is -2.23. The minimum atomic E-state index is -0.285. The van der Waals surface area contributed by atoms with Crippen LogP contribution in [-0.2, 0) is 12.0 Å². The van der Waals surface area contributed by atoms with Crippen LogP contribution in [0.4, 0.5) is 4.39 Å². The van der Waals surface area contributed by atoms with E-state index in [2.05, 4.69) is 41.7 Å². The summed E-state index contributed by atoms with van der Waals surface area (Å²) in [7, 11) is 0. The van der Waals surface area contributed by atoms with Crippen LogP contribution in [0.1, 0.15) is 24.3 Å². The highest BCUT2D eigenvalue weighted by Crippen LogP contribution is 2.26. The van der Waals surface area contributed by atoms with Gasteiger partial charge in [-0.3, -0.25) is 4.98 Å². The van der Waals surface area contributed by atoms with E-state index in [9.17, 15) is 4.39 Å². The third-order valence-electron chi connectivity index (χ3n) is 2.85. The number of thiophene rings is 1. The summed E-state index contributed by atoms with van der Waals surface area (Å²) < 4.78 is 13.0. The fraction of sp³-hybridized carbons (Fsp3) is 0.357. The van der Waals surface area contributed by atoms with Gasteiger partial charge in [0.2, 0.25) is 0 Å². The van der Waals surface area contributed by atoms with Gasteiger partial charge in [0.05, 0.1) is 6.20 Å². The molecule has 0 saturated carbocycles. The molecule has 0 aliphatic heterocycles. The molecule has 0 radical (unpaired) electrons. The fourth-order valence-electron chi connectivity index (χ4n) is 1.82. The van der Waals surface area contributed by atoms with Crippen LogP contribution in [0.3, 0.4) is 0 Å². The molecule has 0 amide bonds. The molecule has 2 aromatic rings. The predicted octanol–water partition coefficient (Wildman–Crippen LogP) is 3.35. The Kier molecular flexibility index (Phi) is 4.09. The van der Waals surface area contributed by atoms with Crippen LogP contribution in [0.5, 0.6) is 0 Å². The summed E-state index contributed by atoms with van der Waals surface area (Å²) >= 11 is 1.77. The molecule has 18 heavy (non-hydrogen) atoms. The summed E-state index contributed by atoms with van der Waals surface area (Å²) in [5.74, 6) is -0.285. The summed E-state index contributed by atoms with van der Waals surface area (Å²) in [6.45, 7) is 5.90. The molecular formula is C14H17FN2S. The largest absolute Gasteiger partial charge is 0.312 e. The van der Waals surface area contributed by atoms with Crippen molar-refractivity contribution < 1.29 is 4.39 Å². The first-order valence-electron chi connectivity index (χ1n) is 5.92. The maximum absolute atomic E-state index is 13.0. The zero-order valence-corrected chi connectivity index (χ0v) is 11.4. The van der Waals surface area contributed by atoms with Crippen molar-refractivity contribution in [1.82, 2.24) is 10.3 Å². The summed E-state index contributed by atoms with van der Waals surface area (Å²) in [5, 5.41) is 5.45. The Bertz CT molecular complexity index is 494. The molecule has 4 heteroatoms. The second-order valence-corrected chi connectivity index (χ2v) is 5.92. The molecule has 96 valence electrons. The maximum atomic E-state index is 13.0. The van der Waals surface area contributed by atoms with E-state index in [4.69, 9.17) is 0 Å². The molecule has 2 heterocycles. The standard InChI is InChI=1S/C14H17FN2S/c1-14(2,13-4-3-5-18-13)10-17-8-11-6-12(15)9-16-7-11/h3-7,9,17H,8,10H2,1-2H3. The lowest BCUT2D eigenvalue weighted by molar-refractivity contribution is 0.476. The molecule has 2 aromatic heterocycles. The molecule has 0 aliphatic rings. The van der Waals surface area contributed by atoms with Crippen molar-refractivity contribution in [2.45, 2.75) is 25.8 Å². The van der Waals surface area contributed by atoms with Gasteiger partial charge in [0.25, 0.3) is 0 Å². The first kappa shape index (κ1) is 13.2. The van der Waals surface area contributed by atoms with Gasteiger partial charge in [0, 0.05) is 29.6 Å². The van der Waals surface area contributed by atoms with E-state index in [0.717, 1.165) is 12.1 Å². The molecule has 2 rings (SSSR count). The van der Waals surface area contributed by atoms with Crippen LogP contribution < -0.4 is 5.32 Å². The second kappa shape index (κ2) is 5.59. The van der Waals surface area contributed by atoms with Crippen molar-refractivity contribution in [2.24, 2.45) is 0 Å². The van der Waals surface area contributed by atoms with Crippen LogP contribution in [0, 0.1) is 5.82 Å². The van der Waals surface area contributed by atoms with Gasteiger partial charge >= 0.3 is 0 Å². The number of aromatic nitrogens is 1. The Hall–Kier alpha value is -1.26. The van der Waals surface area contributed by atoms with E-state index in [-0.39, 0.29) is 11.2 Å². The van der Waals surface area contributed by atoms with E-state index in [1.807, 2.05) is 0 Å². The summed E-state index contributed by atoms with van der Waals surface area (Å²) in [5.41, 5.74) is 0.964. The first-order valence-corrected chi connectivity index (χ1v) is 6.80. The monoisotopic (exact) mass is 264 g/mol. The fourth-order valence-corrected chi connectivity index (χ4v) is 2.67. The van der Waals surface area contributed by atoms with E-state index in [1.165, 1.54) is 17.1 Å². The number of hydrogen-bond donors (Lipinski definition) is 1. The highest BCUT2D eigenvalue weighted by Gasteiger charge is 2.20. The van der Waals surface area contributed by atoms with Gasteiger partial charge < -0.3 is 5.32 Å². The number of nitrogens with one attached hydrogen (secondary N) is 1. The molecule has 2 nitrogen and oxygen atoms in total. The number of nitrogens with zero attached hydrogens (tertiary/aromatic N) is 1. The SMILES string of the molecule is CC(C)(CNCc1cncc(F)c1)c1cccs1. The lowest BCUT2D eigenvalue weighted by Crippen LogP contribution is -2.31. The topological polar surface area (TPSA) is 24.9 Å². The maximum Gasteiger partial charge on any atom is 0.141 e. The van der Waals surface area contributed by atoms with E-state index >= 15 is 0 Å². The molecular weight excluding hydrogens is 247 g/mol. The average Bonchev–Trinajstić information content (AvgIpc) is 2.83. The Morgan fingerprint density at radius 3 is 2.89 bits per heavy atom.